The van der Waals surface area contributed by atoms with Crippen molar-refractivity contribution in [1.82, 2.24) is 24.8 Å². The first-order valence-corrected chi connectivity index (χ1v) is 10.7. The zero-order chi connectivity index (χ0) is 21.9. The van der Waals surface area contributed by atoms with Gasteiger partial charge in [0.25, 0.3) is 0 Å². The predicted octanol–water partition coefficient (Wildman–Crippen LogP) is 4.80. The van der Waals surface area contributed by atoms with Crippen LogP contribution in [-0.2, 0) is 11.2 Å². The molecule has 8 heteroatoms. The number of rotatable bonds is 5. The normalized spacial score (nSPS) is 10.9. The Kier molecular flexibility index (Phi) is 5.43. The van der Waals surface area contributed by atoms with Crippen LogP contribution >= 0.6 is 15.9 Å². The third kappa shape index (κ3) is 4.26. The molecule has 0 bridgehead atoms. The maximum absolute atomic E-state index is 12.4. The molecule has 0 radical (unpaired) electrons. The monoisotopic (exact) mass is 484 g/mol. The van der Waals surface area contributed by atoms with Crippen LogP contribution in [0.25, 0.3) is 28.4 Å². The van der Waals surface area contributed by atoms with Crippen LogP contribution in [0.4, 0.5) is 5.69 Å². The van der Waals surface area contributed by atoms with Crippen LogP contribution in [0.15, 0.2) is 89.5 Å². The van der Waals surface area contributed by atoms with Gasteiger partial charge in [0, 0.05) is 21.9 Å². The second-order valence-electron chi connectivity index (χ2n) is 7.16. The predicted molar refractivity (Wildman–Crippen MR) is 126 cm³/mol. The Labute approximate surface area is 192 Å². The maximum atomic E-state index is 12.4. The van der Waals surface area contributed by atoms with Crippen LogP contribution < -0.4 is 5.32 Å². The molecule has 3 aromatic heterocycles. The van der Waals surface area contributed by atoms with Crippen molar-refractivity contribution < 1.29 is 4.79 Å². The van der Waals surface area contributed by atoms with Crippen LogP contribution in [-0.4, -0.2) is 30.7 Å². The summed E-state index contributed by atoms with van der Waals surface area (Å²) in [6, 6.07) is 24.7. The van der Waals surface area contributed by atoms with Gasteiger partial charge in [-0.05, 0) is 54.1 Å². The highest BCUT2D eigenvalue weighted by molar-refractivity contribution is 9.10. The fourth-order valence-electron chi connectivity index (χ4n) is 3.31. The Balaban J connectivity index is 1.34. The summed E-state index contributed by atoms with van der Waals surface area (Å²) in [5.41, 5.74) is 4.72. The van der Waals surface area contributed by atoms with Gasteiger partial charge in [-0.2, -0.15) is 9.61 Å². The van der Waals surface area contributed by atoms with Gasteiger partial charge in [-0.25, -0.2) is 0 Å². The highest BCUT2D eigenvalue weighted by Crippen LogP contribution is 2.22. The minimum Gasteiger partial charge on any atom is -0.326 e. The molecule has 0 fully saturated rings. The van der Waals surface area contributed by atoms with Crippen molar-refractivity contribution in [1.29, 1.82) is 0 Å². The van der Waals surface area contributed by atoms with Crippen molar-refractivity contribution in [3.8, 4) is 22.8 Å². The molecule has 3 heterocycles. The zero-order valence-corrected chi connectivity index (χ0v) is 18.4. The van der Waals surface area contributed by atoms with E-state index in [1.54, 1.807) is 10.7 Å². The Morgan fingerprint density at radius 1 is 0.875 bits per heavy atom. The van der Waals surface area contributed by atoms with Gasteiger partial charge in [0.05, 0.1) is 12.1 Å². The van der Waals surface area contributed by atoms with E-state index >= 15 is 0 Å². The number of fused-ring (bicyclic) bond motifs is 1. The van der Waals surface area contributed by atoms with Crippen molar-refractivity contribution in [2.24, 2.45) is 0 Å². The molecular formula is C24H17BrN6O. The summed E-state index contributed by atoms with van der Waals surface area (Å²) in [4.78, 5) is 16.7. The molecule has 1 amide bonds. The number of hydrogen-bond donors (Lipinski definition) is 1. The Morgan fingerprint density at radius 2 is 1.69 bits per heavy atom. The largest absolute Gasteiger partial charge is 0.326 e. The van der Waals surface area contributed by atoms with E-state index < -0.39 is 0 Å². The van der Waals surface area contributed by atoms with Crippen LogP contribution in [0.2, 0.25) is 0 Å². The quantitative estimate of drug-likeness (QED) is 0.387. The number of amides is 1. The van der Waals surface area contributed by atoms with E-state index in [1.165, 1.54) is 0 Å². The molecular weight excluding hydrogens is 468 g/mol. The lowest BCUT2D eigenvalue weighted by Crippen LogP contribution is -2.14. The molecule has 7 nitrogen and oxygen atoms in total. The zero-order valence-electron chi connectivity index (χ0n) is 16.8. The Morgan fingerprint density at radius 3 is 2.44 bits per heavy atom. The SMILES string of the molecule is O=C(Cc1ccc(Br)cc1)Nc1ccc(-c2ccc3nnc(-c4ccccn4)n3n2)cc1. The van der Waals surface area contributed by atoms with Gasteiger partial charge in [-0.3, -0.25) is 9.78 Å². The van der Waals surface area contributed by atoms with E-state index in [0.717, 1.165) is 27.0 Å². The number of benzene rings is 2. The van der Waals surface area contributed by atoms with Gasteiger partial charge >= 0.3 is 0 Å². The molecule has 0 saturated heterocycles. The number of anilines is 1. The molecule has 0 aliphatic rings. The average molecular weight is 485 g/mol. The first kappa shape index (κ1) is 20.0. The third-order valence-electron chi connectivity index (χ3n) is 4.90. The van der Waals surface area contributed by atoms with Gasteiger partial charge in [0.15, 0.2) is 5.65 Å². The van der Waals surface area contributed by atoms with E-state index in [-0.39, 0.29) is 5.91 Å². The number of nitrogens with zero attached hydrogens (tertiary/aromatic N) is 5. The number of carbonyl (C=O) groups is 1. The molecule has 156 valence electrons. The van der Waals surface area contributed by atoms with Gasteiger partial charge in [0.1, 0.15) is 5.69 Å². The lowest BCUT2D eigenvalue weighted by atomic mass is 10.1. The summed E-state index contributed by atoms with van der Waals surface area (Å²) in [5, 5.41) is 16.0. The van der Waals surface area contributed by atoms with Crippen LogP contribution in [0, 0.1) is 0 Å². The summed E-state index contributed by atoms with van der Waals surface area (Å²) >= 11 is 3.40. The van der Waals surface area contributed by atoms with Crippen LogP contribution in [0.3, 0.4) is 0 Å². The van der Waals surface area contributed by atoms with Gasteiger partial charge in [0.2, 0.25) is 11.7 Å². The molecule has 0 saturated carbocycles. The second kappa shape index (κ2) is 8.68. The van der Waals surface area contributed by atoms with Gasteiger partial charge < -0.3 is 5.32 Å². The summed E-state index contributed by atoms with van der Waals surface area (Å²) in [6.45, 7) is 0. The number of halogens is 1. The van der Waals surface area contributed by atoms with Crippen molar-refractivity contribution in [3.63, 3.8) is 0 Å². The Hall–Kier alpha value is -3.91. The number of pyridine rings is 1. The van der Waals surface area contributed by atoms with Crippen LogP contribution in [0.5, 0.6) is 0 Å². The number of hydrogen-bond acceptors (Lipinski definition) is 5. The maximum Gasteiger partial charge on any atom is 0.228 e. The molecule has 0 spiro atoms. The lowest BCUT2D eigenvalue weighted by Gasteiger charge is -2.07. The smallest absolute Gasteiger partial charge is 0.228 e. The van der Waals surface area contributed by atoms with Crippen molar-refractivity contribution >= 4 is 33.2 Å². The lowest BCUT2D eigenvalue weighted by molar-refractivity contribution is -0.115. The van der Waals surface area contributed by atoms with E-state index in [9.17, 15) is 4.79 Å². The average Bonchev–Trinajstić information content (AvgIpc) is 3.25. The summed E-state index contributed by atoms with van der Waals surface area (Å²) < 4.78 is 2.67. The standard InChI is InChI=1S/C24H17BrN6O/c25-18-8-4-16(5-9-18)15-23(32)27-19-10-6-17(7-11-19)20-12-13-22-28-29-24(31(22)30-20)21-3-1-2-14-26-21/h1-14H,15H2,(H,27,32). The Bertz CT molecular complexity index is 1380. The van der Waals surface area contributed by atoms with E-state index in [2.05, 4.69) is 36.4 Å². The topological polar surface area (TPSA) is 85.1 Å². The molecule has 2 aromatic carbocycles. The number of aromatic nitrogens is 5. The fourth-order valence-corrected chi connectivity index (χ4v) is 3.58. The first-order valence-electron chi connectivity index (χ1n) is 9.94. The number of nitrogens with one attached hydrogen (secondary N) is 1. The van der Waals surface area contributed by atoms with E-state index in [4.69, 9.17) is 5.10 Å². The minimum absolute atomic E-state index is 0.0656. The highest BCUT2D eigenvalue weighted by Gasteiger charge is 2.12. The highest BCUT2D eigenvalue weighted by atomic mass is 79.9. The van der Waals surface area contributed by atoms with Crippen LogP contribution in [0.1, 0.15) is 5.56 Å². The molecule has 32 heavy (non-hydrogen) atoms. The second-order valence-corrected chi connectivity index (χ2v) is 8.07. The minimum atomic E-state index is -0.0656. The summed E-state index contributed by atoms with van der Waals surface area (Å²) in [5.74, 6) is 0.517. The third-order valence-corrected chi connectivity index (χ3v) is 5.43. The fraction of sp³-hybridized carbons (Fsp3) is 0.0417. The molecule has 5 aromatic rings. The van der Waals surface area contributed by atoms with Crippen molar-refractivity contribution in [2.75, 3.05) is 5.32 Å². The van der Waals surface area contributed by atoms with E-state index in [1.807, 2.05) is 78.9 Å². The van der Waals surface area contributed by atoms with Gasteiger partial charge in [-0.15, -0.1) is 10.2 Å². The van der Waals surface area contributed by atoms with Crippen molar-refractivity contribution in [3.05, 3.63) is 95.1 Å². The van der Waals surface area contributed by atoms with E-state index in [0.29, 0.717) is 23.6 Å². The first-order chi connectivity index (χ1) is 15.7. The number of carbonyl (C=O) groups excluding carboxylic acids is 1. The van der Waals surface area contributed by atoms with Crippen molar-refractivity contribution in [2.45, 2.75) is 6.42 Å². The molecule has 0 aliphatic carbocycles. The summed E-state index contributed by atoms with van der Waals surface area (Å²) in [6.07, 6.45) is 2.03. The molecule has 0 atom stereocenters. The van der Waals surface area contributed by atoms with Gasteiger partial charge in [-0.1, -0.05) is 46.3 Å². The molecule has 1 N–H and O–H groups in total. The molecule has 5 rings (SSSR count). The molecule has 0 unspecified atom stereocenters. The molecule has 0 aliphatic heterocycles. The summed E-state index contributed by atoms with van der Waals surface area (Å²) in [7, 11) is 0.